The molecule has 9 heteroatoms. The van der Waals surface area contributed by atoms with E-state index in [1.165, 1.54) is 12.1 Å². The monoisotopic (exact) mass is 433 g/mol. The Kier molecular flexibility index (Phi) is 6.37. The summed E-state index contributed by atoms with van der Waals surface area (Å²) in [5, 5.41) is 3.97. The Morgan fingerprint density at radius 1 is 1.19 bits per heavy atom. The first kappa shape index (κ1) is 20.9. The number of benzene rings is 1. The Hall–Kier alpha value is -0.860. The average molecular weight is 434 g/mol. The van der Waals surface area contributed by atoms with Crippen LogP contribution in [0.2, 0.25) is 5.02 Å². The number of sulfonamides is 1. The van der Waals surface area contributed by atoms with Crippen LogP contribution >= 0.6 is 24.0 Å². The number of hydrogen-bond donors (Lipinski definition) is 2. The number of hydrogen-bond acceptors (Lipinski definition) is 4. The number of nitrogens with zero attached hydrogens (tertiary/aromatic N) is 1. The van der Waals surface area contributed by atoms with Gasteiger partial charge in [0.05, 0.1) is 4.90 Å². The molecule has 27 heavy (non-hydrogen) atoms. The summed E-state index contributed by atoms with van der Waals surface area (Å²) in [4.78, 5) is 14.8. The lowest BCUT2D eigenvalue weighted by molar-refractivity contribution is -0.148. The smallest absolute Gasteiger partial charge is 0.240 e. The van der Waals surface area contributed by atoms with Gasteiger partial charge in [0.2, 0.25) is 15.9 Å². The Morgan fingerprint density at radius 2 is 1.89 bits per heavy atom. The summed E-state index contributed by atoms with van der Waals surface area (Å²) < 4.78 is 28.0. The van der Waals surface area contributed by atoms with Crippen molar-refractivity contribution in [2.24, 2.45) is 11.8 Å². The van der Waals surface area contributed by atoms with E-state index in [-0.39, 0.29) is 41.8 Å². The maximum absolute atomic E-state index is 12.6. The summed E-state index contributed by atoms with van der Waals surface area (Å²) in [6, 6.07) is 6.29. The molecule has 6 nitrogen and oxygen atoms in total. The third-order valence-corrected chi connectivity index (χ3v) is 7.70. The van der Waals surface area contributed by atoms with Crippen molar-refractivity contribution in [2.75, 3.05) is 19.6 Å². The second-order valence-electron chi connectivity index (χ2n) is 7.55. The molecule has 1 aromatic rings. The summed E-state index contributed by atoms with van der Waals surface area (Å²) in [5.74, 6) is 0.954. The van der Waals surface area contributed by atoms with Crippen molar-refractivity contribution in [2.45, 2.75) is 42.7 Å². The van der Waals surface area contributed by atoms with E-state index in [1.54, 1.807) is 12.1 Å². The van der Waals surface area contributed by atoms with Gasteiger partial charge >= 0.3 is 0 Å². The highest BCUT2D eigenvalue weighted by Crippen LogP contribution is 2.39. The number of carbonyl (C=O) groups is 1. The molecule has 150 valence electrons. The van der Waals surface area contributed by atoms with Crippen molar-refractivity contribution in [1.82, 2.24) is 14.9 Å². The first-order chi connectivity index (χ1) is 12.5. The molecule has 0 unspecified atom stereocenters. The lowest BCUT2D eigenvalue weighted by atomic mass is 9.72. The number of piperidine rings is 3. The molecule has 0 radical (unpaired) electrons. The van der Waals surface area contributed by atoms with Gasteiger partial charge in [-0.25, -0.2) is 13.1 Å². The molecule has 0 spiro atoms. The Morgan fingerprint density at radius 3 is 2.63 bits per heavy atom. The summed E-state index contributed by atoms with van der Waals surface area (Å²) in [6.45, 7) is 2.04. The molecule has 3 aliphatic heterocycles. The van der Waals surface area contributed by atoms with Gasteiger partial charge in [-0.05, 0) is 68.5 Å². The molecular formula is C18H25Cl2N3O3S. The van der Waals surface area contributed by atoms with Crippen LogP contribution in [0.1, 0.15) is 25.7 Å². The molecule has 3 saturated heterocycles. The Bertz CT molecular complexity index is 788. The minimum Gasteiger partial charge on any atom is -0.335 e. The molecule has 1 aromatic carbocycles. The largest absolute Gasteiger partial charge is 0.335 e. The fourth-order valence-electron chi connectivity index (χ4n) is 4.79. The van der Waals surface area contributed by atoms with Crippen LogP contribution in [-0.4, -0.2) is 50.9 Å². The Labute approximate surface area is 171 Å². The molecule has 0 aliphatic carbocycles. The predicted octanol–water partition coefficient (Wildman–Crippen LogP) is 2.03. The second kappa shape index (κ2) is 8.25. The van der Waals surface area contributed by atoms with Gasteiger partial charge in [-0.15, -0.1) is 12.4 Å². The van der Waals surface area contributed by atoms with Crippen LogP contribution in [-0.2, 0) is 14.8 Å². The van der Waals surface area contributed by atoms with Gasteiger partial charge in [-0.3, -0.25) is 4.79 Å². The van der Waals surface area contributed by atoms with Crippen molar-refractivity contribution in [3.8, 4) is 0 Å². The van der Waals surface area contributed by atoms with Crippen molar-refractivity contribution in [1.29, 1.82) is 0 Å². The quantitative estimate of drug-likeness (QED) is 0.760. The summed E-state index contributed by atoms with van der Waals surface area (Å²) >= 11 is 5.84. The van der Waals surface area contributed by atoms with E-state index in [1.807, 2.05) is 4.90 Å². The van der Waals surface area contributed by atoms with Crippen LogP contribution in [0.5, 0.6) is 0 Å². The van der Waals surface area contributed by atoms with Crippen molar-refractivity contribution in [3.63, 3.8) is 0 Å². The lowest BCUT2D eigenvalue weighted by Gasteiger charge is -2.54. The summed E-state index contributed by atoms with van der Waals surface area (Å²) in [5.41, 5.74) is 0. The van der Waals surface area contributed by atoms with E-state index >= 15 is 0 Å². The molecule has 3 fully saturated rings. The molecular weight excluding hydrogens is 409 g/mol. The van der Waals surface area contributed by atoms with Crippen molar-refractivity contribution in [3.05, 3.63) is 29.3 Å². The van der Waals surface area contributed by atoms with Gasteiger partial charge in [0.1, 0.15) is 0 Å². The average Bonchev–Trinajstić information content (AvgIpc) is 2.63. The minimum atomic E-state index is -3.63. The summed E-state index contributed by atoms with van der Waals surface area (Å²) in [7, 11) is -3.63. The van der Waals surface area contributed by atoms with Gasteiger partial charge in [0, 0.05) is 30.1 Å². The zero-order chi connectivity index (χ0) is 18.3. The number of amides is 1. The van der Waals surface area contributed by atoms with Crippen LogP contribution in [0.4, 0.5) is 0 Å². The van der Waals surface area contributed by atoms with Crippen molar-refractivity contribution < 1.29 is 13.2 Å². The van der Waals surface area contributed by atoms with Gasteiger partial charge in [-0.2, -0.15) is 0 Å². The number of fused-ring (bicyclic) bond motifs is 4. The van der Waals surface area contributed by atoms with Crippen molar-refractivity contribution >= 4 is 39.9 Å². The van der Waals surface area contributed by atoms with Crippen LogP contribution in [0.3, 0.4) is 0 Å². The fourth-order valence-corrected chi connectivity index (χ4v) is 5.97. The Balaban J connectivity index is 0.00000210. The molecule has 3 heterocycles. The van der Waals surface area contributed by atoms with E-state index in [2.05, 4.69) is 10.0 Å². The van der Waals surface area contributed by atoms with E-state index < -0.39 is 10.0 Å². The normalized spacial score (nSPS) is 30.4. The molecule has 4 atom stereocenters. The number of halogens is 2. The molecule has 0 aromatic heterocycles. The first-order valence-electron chi connectivity index (χ1n) is 9.23. The van der Waals surface area contributed by atoms with Gasteiger partial charge < -0.3 is 10.2 Å². The summed E-state index contributed by atoms with van der Waals surface area (Å²) in [6.07, 6.45) is 3.59. The molecule has 1 amide bonds. The SMILES string of the molecule is Cl.O=C1CCC[C@H]2[C@H]3CNC[C@H](C3)[C@H](CNS(=O)(=O)c3ccc(Cl)cc3)N12. The highest BCUT2D eigenvalue weighted by Gasteiger charge is 2.47. The zero-order valence-corrected chi connectivity index (χ0v) is 17.3. The van der Waals surface area contributed by atoms with Crippen LogP contribution in [0.25, 0.3) is 0 Å². The van der Waals surface area contributed by atoms with E-state index in [9.17, 15) is 13.2 Å². The molecule has 3 aliphatic rings. The lowest BCUT2D eigenvalue weighted by Crippen LogP contribution is -2.66. The van der Waals surface area contributed by atoms with E-state index in [0.717, 1.165) is 32.4 Å². The van der Waals surface area contributed by atoms with Crippen LogP contribution in [0.15, 0.2) is 29.2 Å². The molecule has 2 bridgehead atoms. The fraction of sp³-hybridized carbons (Fsp3) is 0.611. The van der Waals surface area contributed by atoms with E-state index in [0.29, 0.717) is 23.3 Å². The van der Waals surface area contributed by atoms with Gasteiger partial charge in [0.15, 0.2) is 0 Å². The zero-order valence-electron chi connectivity index (χ0n) is 14.9. The minimum absolute atomic E-state index is 0. The molecule has 4 rings (SSSR count). The maximum atomic E-state index is 12.6. The molecule has 0 saturated carbocycles. The molecule has 2 N–H and O–H groups in total. The number of rotatable bonds is 4. The first-order valence-corrected chi connectivity index (χ1v) is 11.1. The van der Waals surface area contributed by atoms with Crippen LogP contribution < -0.4 is 10.0 Å². The third-order valence-electron chi connectivity index (χ3n) is 6.01. The topological polar surface area (TPSA) is 78.5 Å². The number of nitrogens with one attached hydrogen (secondary N) is 2. The standard InChI is InChI=1S/C18H24ClN3O3S.ClH/c19-14-4-6-15(7-5-14)26(24,25)21-11-17-13-8-12(9-20-10-13)16-2-1-3-18(23)22(16)17;/h4-7,12-13,16-17,20-21H,1-3,8-11H2;1H/t12-,13+,16+,17+;/m1./s1. The maximum Gasteiger partial charge on any atom is 0.240 e. The third kappa shape index (κ3) is 4.12. The highest BCUT2D eigenvalue weighted by atomic mass is 35.5. The van der Waals surface area contributed by atoms with Crippen LogP contribution in [0, 0.1) is 11.8 Å². The van der Waals surface area contributed by atoms with Gasteiger partial charge in [-0.1, -0.05) is 11.6 Å². The number of carbonyl (C=O) groups excluding carboxylic acids is 1. The highest BCUT2D eigenvalue weighted by molar-refractivity contribution is 7.89. The second-order valence-corrected chi connectivity index (χ2v) is 9.75. The predicted molar refractivity (Wildman–Crippen MR) is 107 cm³/mol. The van der Waals surface area contributed by atoms with Gasteiger partial charge in [0.25, 0.3) is 0 Å². The van der Waals surface area contributed by atoms with E-state index in [4.69, 9.17) is 11.6 Å².